The summed E-state index contributed by atoms with van der Waals surface area (Å²) in [4.78, 5) is 31.7. The number of quaternary nitrogens is 1. The smallest absolute Gasteiger partial charge is 0.278 e. The fourth-order valence-corrected chi connectivity index (χ4v) is 0.892. The van der Waals surface area contributed by atoms with E-state index in [1.54, 1.807) is 0 Å². The van der Waals surface area contributed by atoms with Gasteiger partial charge in [-0.15, -0.1) is 0 Å². The third kappa shape index (κ3) is 5.27. The Labute approximate surface area is 91.1 Å². The Kier molecular flexibility index (Phi) is 6.04. The highest BCUT2D eigenvalue weighted by molar-refractivity contribution is 5.85. The monoisotopic (exact) mass is 233 g/mol. The van der Waals surface area contributed by atoms with Crippen molar-refractivity contribution in [1.82, 2.24) is 5.32 Å². The number of carboxylic acids is 2. The van der Waals surface area contributed by atoms with Crippen molar-refractivity contribution in [2.45, 2.75) is 24.9 Å². The van der Waals surface area contributed by atoms with E-state index >= 15 is 0 Å². The second kappa shape index (κ2) is 6.75. The molecular formula is C8H13N2O6-. The average molecular weight is 233 g/mol. The van der Waals surface area contributed by atoms with Gasteiger partial charge in [0.25, 0.3) is 5.91 Å². The van der Waals surface area contributed by atoms with Crippen molar-refractivity contribution in [2.24, 2.45) is 0 Å². The molecule has 0 heterocycles. The first-order chi connectivity index (χ1) is 7.38. The van der Waals surface area contributed by atoms with Crippen molar-refractivity contribution >= 4 is 17.8 Å². The van der Waals surface area contributed by atoms with E-state index in [1.807, 2.05) is 5.32 Å². The highest BCUT2D eigenvalue weighted by Gasteiger charge is 2.20. The molecule has 0 spiro atoms. The van der Waals surface area contributed by atoms with Crippen molar-refractivity contribution in [2.75, 3.05) is 6.61 Å². The van der Waals surface area contributed by atoms with Crippen molar-refractivity contribution < 1.29 is 35.4 Å². The lowest BCUT2D eigenvalue weighted by Gasteiger charge is -2.18. The Morgan fingerprint density at radius 1 is 1.31 bits per heavy atom. The van der Waals surface area contributed by atoms with Crippen molar-refractivity contribution in [3.63, 3.8) is 0 Å². The molecule has 0 saturated heterocycles. The average Bonchev–Trinajstić information content (AvgIpc) is 2.21. The number of carbonyl (C=O) groups is 3. The van der Waals surface area contributed by atoms with Gasteiger partial charge in [-0.05, 0) is 6.42 Å². The molecule has 0 aliphatic rings. The molecule has 8 heteroatoms. The van der Waals surface area contributed by atoms with Gasteiger partial charge in [0, 0.05) is 12.4 Å². The molecule has 5 N–H and O–H groups in total. The molecular weight excluding hydrogens is 220 g/mol. The molecule has 0 bridgehead atoms. The van der Waals surface area contributed by atoms with Crippen LogP contribution < -0.4 is 21.3 Å². The summed E-state index contributed by atoms with van der Waals surface area (Å²) in [5.41, 5.74) is 3.36. The topological polar surface area (TPSA) is 157 Å². The molecule has 0 aromatic heterocycles. The van der Waals surface area contributed by atoms with Crippen LogP contribution in [0.25, 0.3) is 0 Å². The van der Waals surface area contributed by atoms with Crippen LogP contribution in [0.4, 0.5) is 0 Å². The molecule has 2 atom stereocenters. The van der Waals surface area contributed by atoms with Gasteiger partial charge in [-0.1, -0.05) is 0 Å². The van der Waals surface area contributed by atoms with Crippen LogP contribution in [0.15, 0.2) is 0 Å². The summed E-state index contributed by atoms with van der Waals surface area (Å²) >= 11 is 0. The van der Waals surface area contributed by atoms with Crippen LogP contribution in [0.1, 0.15) is 12.8 Å². The standard InChI is InChI=1S/C8H14N2O6/c9-4(1-2-6(12)13)7(14)10-5(3-11)8(15)16/h4-5,11H,1-3,9H2,(H,10,14)(H,12,13)(H,15,16)/p-1/t4-,5-/m0/s1. The van der Waals surface area contributed by atoms with Gasteiger partial charge in [0.15, 0.2) is 6.04 Å². The van der Waals surface area contributed by atoms with Gasteiger partial charge in [-0.3, -0.25) is 4.79 Å². The highest BCUT2D eigenvalue weighted by Crippen LogP contribution is 1.92. The first-order valence-corrected chi connectivity index (χ1v) is 4.53. The van der Waals surface area contributed by atoms with Crippen molar-refractivity contribution in [3.8, 4) is 0 Å². The van der Waals surface area contributed by atoms with E-state index in [4.69, 9.17) is 5.11 Å². The largest absolute Gasteiger partial charge is 0.550 e. The SMILES string of the molecule is [NH3+][C@@H](CCC(=O)[O-])C(=O)N[C@@H](CO)C(=O)[O-]. The van der Waals surface area contributed by atoms with E-state index in [0.29, 0.717) is 0 Å². The van der Waals surface area contributed by atoms with Crippen LogP contribution in [-0.2, 0) is 14.4 Å². The molecule has 0 fully saturated rings. The fourth-order valence-electron chi connectivity index (χ4n) is 0.892. The Bertz CT molecular complexity index is 280. The van der Waals surface area contributed by atoms with Crippen LogP contribution in [0.5, 0.6) is 0 Å². The minimum Gasteiger partial charge on any atom is -0.550 e. The number of carbonyl (C=O) groups excluding carboxylic acids is 3. The van der Waals surface area contributed by atoms with Crippen LogP contribution in [0, 0.1) is 0 Å². The Hall–Kier alpha value is -1.67. The van der Waals surface area contributed by atoms with Gasteiger partial charge in [0.1, 0.15) is 0 Å². The first-order valence-electron chi connectivity index (χ1n) is 4.53. The first kappa shape index (κ1) is 14.3. The minimum atomic E-state index is -1.62. The maximum absolute atomic E-state index is 11.2. The fraction of sp³-hybridized carbons (Fsp3) is 0.625. The number of carboxylic acid groups (broad SMARTS) is 2. The lowest BCUT2D eigenvalue weighted by Crippen LogP contribution is -2.69. The third-order valence-electron chi connectivity index (χ3n) is 1.85. The maximum Gasteiger partial charge on any atom is 0.278 e. The zero-order valence-electron chi connectivity index (χ0n) is 8.47. The maximum atomic E-state index is 11.2. The van der Waals surface area contributed by atoms with Crippen molar-refractivity contribution in [3.05, 3.63) is 0 Å². The molecule has 8 nitrogen and oxygen atoms in total. The number of rotatable bonds is 7. The molecule has 0 rings (SSSR count). The van der Waals surface area contributed by atoms with E-state index in [9.17, 15) is 24.6 Å². The van der Waals surface area contributed by atoms with Gasteiger partial charge < -0.3 is 36.0 Å². The number of amides is 1. The van der Waals surface area contributed by atoms with Crippen LogP contribution >= 0.6 is 0 Å². The molecule has 0 unspecified atom stereocenters. The number of nitrogens with one attached hydrogen (secondary N) is 1. The molecule has 92 valence electrons. The van der Waals surface area contributed by atoms with E-state index < -0.39 is 36.5 Å². The Balaban J connectivity index is 4.13. The summed E-state index contributed by atoms with van der Waals surface area (Å²) in [5, 5.41) is 31.0. The summed E-state index contributed by atoms with van der Waals surface area (Å²) in [6.07, 6.45) is -0.421. The van der Waals surface area contributed by atoms with Gasteiger partial charge >= 0.3 is 0 Å². The van der Waals surface area contributed by atoms with Gasteiger partial charge in [0.05, 0.1) is 18.6 Å². The predicted octanol–water partition coefficient (Wildman–Crippen LogP) is -5.65. The minimum absolute atomic E-state index is 0.0701. The summed E-state index contributed by atoms with van der Waals surface area (Å²) < 4.78 is 0. The molecule has 0 aromatic carbocycles. The van der Waals surface area contributed by atoms with Crippen LogP contribution in [0.2, 0.25) is 0 Å². The number of aliphatic carboxylic acids is 2. The quantitative estimate of drug-likeness (QED) is 0.397. The van der Waals surface area contributed by atoms with Crippen LogP contribution in [0.3, 0.4) is 0 Å². The number of aliphatic hydroxyl groups is 1. The summed E-state index contributed by atoms with van der Waals surface area (Å²) in [7, 11) is 0. The normalized spacial score (nSPS) is 13.9. The number of hydrogen-bond acceptors (Lipinski definition) is 6. The number of aliphatic hydroxyl groups excluding tert-OH is 1. The molecule has 16 heavy (non-hydrogen) atoms. The molecule has 0 aliphatic carbocycles. The molecule has 0 aliphatic heterocycles. The number of hydrogen-bond donors (Lipinski definition) is 3. The van der Waals surface area contributed by atoms with Gasteiger partial charge in [0.2, 0.25) is 0 Å². The molecule has 0 radical (unpaired) electrons. The van der Waals surface area contributed by atoms with Crippen LogP contribution in [-0.4, -0.2) is 41.6 Å². The predicted molar refractivity (Wildman–Crippen MR) is 44.9 cm³/mol. The zero-order valence-corrected chi connectivity index (χ0v) is 8.47. The van der Waals surface area contributed by atoms with Gasteiger partial charge in [-0.2, -0.15) is 0 Å². The summed E-state index contributed by atoms with van der Waals surface area (Å²) in [5.74, 6) is -3.70. The molecule has 0 aromatic rings. The second-order valence-corrected chi connectivity index (χ2v) is 3.17. The van der Waals surface area contributed by atoms with Crippen molar-refractivity contribution in [1.29, 1.82) is 0 Å². The van der Waals surface area contributed by atoms with E-state index in [0.717, 1.165) is 0 Å². The lowest BCUT2D eigenvalue weighted by atomic mass is 10.1. The molecule has 0 saturated carbocycles. The summed E-state index contributed by atoms with van der Waals surface area (Å²) in [6, 6.07) is -2.44. The highest BCUT2D eigenvalue weighted by atomic mass is 16.4. The van der Waals surface area contributed by atoms with E-state index in [-0.39, 0.29) is 12.8 Å². The van der Waals surface area contributed by atoms with Gasteiger partial charge in [-0.25, -0.2) is 0 Å². The van der Waals surface area contributed by atoms with E-state index in [2.05, 4.69) is 5.73 Å². The Morgan fingerprint density at radius 3 is 2.25 bits per heavy atom. The lowest BCUT2D eigenvalue weighted by molar-refractivity contribution is -0.406. The van der Waals surface area contributed by atoms with E-state index in [1.165, 1.54) is 0 Å². The summed E-state index contributed by atoms with van der Waals surface area (Å²) in [6.45, 7) is -0.804. The zero-order chi connectivity index (χ0) is 12.7. The Morgan fingerprint density at radius 2 is 1.88 bits per heavy atom. The second-order valence-electron chi connectivity index (χ2n) is 3.17. The third-order valence-corrected chi connectivity index (χ3v) is 1.85. The molecule has 1 amide bonds.